The van der Waals surface area contributed by atoms with Gasteiger partial charge in [0.2, 0.25) is 0 Å². The Balaban J connectivity index is 1.93. The average molecular weight is 260 g/mol. The minimum absolute atomic E-state index is 0.348. The van der Waals surface area contributed by atoms with Crippen LogP contribution in [0.2, 0.25) is 5.02 Å². The molecule has 0 saturated heterocycles. The third kappa shape index (κ3) is 3.59. The van der Waals surface area contributed by atoms with Gasteiger partial charge in [0.05, 0.1) is 0 Å². The highest BCUT2D eigenvalue weighted by molar-refractivity contribution is 6.30. The SMILES string of the molecule is Cc1ccc([C@@H](C)NCc2ccc(Cl)cc2)cc1. The van der Waals surface area contributed by atoms with E-state index in [2.05, 4.69) is 55.6 Å². The quantitative estimate of drug-likeness (QED) is 0.853. The predicted molar refractivity (Wildman–Crippen MR) is 77.9 cm³/mol. The van der Waals surface area contributed by atoms with Crippen molar-refractivity contribution < 1.29 is 0 Å². The number of hydrogen-bond acceptors (Lipinski definition) is 1. The van der Waals surface area contributed by atoms with Crippen molar-refractivity contribution in [3.8, 4) is 0 Å². The van der Waals surface area contributed by atoms with Gasteiger partial charge in [-0.25, -0.2) is 0 Å². The molecule has 2 aromatic rings. The van der Waals surface area contributed by atoms with Crippen molar-refractivity contribution in [3.63, 3.8) is 0 Å². The maximum absolute atomic E-state index is 5.86. The second kappa shape index (κ2) is 6.03. The van der Waals surface area contributed by atoms with Crippen LogP contribution in [0.5, 0.6) is 0 Å². The lowest BCUT2D eigenvalue weighted by atomic mass is 10.1. The number of hydrogen-bond donors (Lipinski definition) is 1. The largest absolute Gasteiger partial charge is 0.306 e. The van der Waals surface area contributed by atoms with Crippen molar-refractivity contribution in [1.82, 2.24) is 5.32 Å². The maximum Gasteiger partial charge on any atom is 0.0406 e. The molecule has 0 saturated carbocycles. The van der Waals surface area contributed by atoms with Crippen LogP contribution in [-0.2, 0) is 6.54 Å². The van der Waals surface area contributed by atoms with E-state index in [1.54, 1.807) is 0 Å². The molecule has 0 spiro atoms. The zero-order valence-electron chi connectivity index (χ0n) is 10.8. The van der Waals surface area contributed by atoms with E-state index < -0.39 is 0 Å². The average Bonchev–Trinajstić information content (AvgIpc) is 2.38. The summed E-state index contributed by atoms with van der Waals surface area (Å²) in [5, 5.41) is 4.29. The lowest BCUT2D eigenvalue weighted by Crippen LogP contribution is -2.17. The molecule has 18 heavy (non-hydrogen) atoms. The van der Waals surface area contributed by atoms with Crippen molar-refractivity contribution in [2.45, 2.75) is 26.4 Å². The first-order chi connectivity index (χ1) is 8.65. The van der Waals surface area contributed by atoms with E-state index in [1.165, 1.54) is 16.7 Å². The summed E-state index contributed by atoms with van der Waals surface area (Å²) in [6, 6.07) is 17.0. The third-order valence-corrected chi connectivity index (χ3v) is 3.35. The van der Waals surface area contributed by atoms with Crippen LogP contribution in [0.25, 0.3) is 0 Å². The summed E-state index contributed by atoms with van der Waals surface area (Å²) < 4.78 is 0. The number of aryl methyl sites for hydroxylation is 1. The summed E-state index contributed by atoms with van der Waals surface area (Å²) >= 11 is 5.86. The van der Waals surface area contributed by atoms with Crippen LogP contribution in [0.15, 0.2) is 48.5 Å². The van der Waals surface area contributed by atoms with Crippen LogP contribution >= 0.6 is 11.6 Å². The van der Waals surface area contributed by atoms with Gasteiger partial charge in [0.15, 0.2) is 0 Å². The topological polar surface area (TPSA) is 12.0 Å². The van der Waals surface area contributed by atoms with Crippen LogP contribution in [0, 0.1) is 6.92 Å². The van der Waals surface area contributed by atoms with Gasteiger partial charge in [-0.05, 0) is 37.1 Å². The lowest BCUT2D eigenvalue weighted by molar-refractivity contribution is 0.574. The Morgan fingerprint density at radius 1 is 1.00 bits per heavy atom. The van der Waals surface area contributed by atoms with E-state index in [-0.39, 0.29) is 0 Å². The Kier molecular flexibility index (Phi) is 4.40. The van der Waals surface area contributed by atoms with Gasteiger partial charge in [0.1, 0.15) is 0 Å². The molecule has 0 aliphatic rings. The van der Waals surface area contributed by atoms with Gasteiger partial charge in [-0.3, -0.25) is 0 Å². The summed E-state index contributed by atoms with van der Waals surface area (Å²) in [6.45, 7) is 5.14. The second-order valence-electron chi connectivity index (χ2n) is 4.64. The Morgan fingerprint density at radius 2 is 1.61 bits per heavy atom. The van der Waals surface area contributed by atoms with Gasteiger partial charge in [-0.15, -0.1) is 0 Å². The fourth-order valence-electron chi connectivity index (χ4n) is 1.85. The molecule has 94 valence electrons. The molecular formula is C16H18ClN. The molecule has 2 heteroatoms. The van der Waals surface area contributed by atoms with Gasteiger partial charge in [-0.2, -0.15) is 0 Å². The van der Waals surface area contributed by atoms with Crippen molar-refractivity contribution >= 4 is 11.6 Å². The predicted octanol–water partition coefficient (Wildman–Crippen LogP) is 4.50. The van der Waals surface area contributed by atoms with E-state index in [0.29, 0.717) is 6.04 Å². The first kappa shape index (κ1) is 13.1. The van der Waals surface area contributed by atoms with Gasteiger partial charge in [0, 0.05) is 17.6 Å². The summed E-state index contributed by atoms with van der Waals surface area (Å²) in [5.41, 5.74) is 3.86. The molecule has 2 rings (SSSR count). The van der Waals surface area contributed by atoms with E-state index in [1.807, 2.05) is 12.1 Å². The van der Waals surface area contributed by atoms with Crippen molar-refractivity contribution in [2.24, 2.45) is 0 Å². The molecule has 0 aromatic heterocycles. The molecule has 0 aliphatic heterocycles. The molecule has 0 amide bonds. The van der Waals surface area contributed by atoms with E-state index >= 15 is 0 Å². The summed E-state index contributed by atoms with van der Waals surface area (Å²) in [5.74, 6) is 0. The van der Waals surface area contributed by atoms with Crippen LogP contribution in [0.4, 0.5) is 0 Å². The molecular weight excluding hydrogens is 242 g/mol. The van der Waals surface area contributed by atoms with Crippen molar-refractivity contribution in [1.29, 1.82) is 0 Å². The third-order valence-electron chi connectivity index (χ3n) is 3.10. The first-order valence-corrected chi connectivity index (χ1v) is 6.57. The Morgan fingerprint density at radius 3 is 2.22 bits per heavy atom. The number of halogens is 1. The molecule has 0 fully saturated rings. The van der Waals surface area contributed by atoms with Crippen LogP contribution in [-0.4, -0.2) is 0 Å². The van der Waals surface area contributed by atoms with E-state index in [4.69, 9.17) is 11.6 Å². The van der Waals surface area contributed by atoms with E-state index in [0.717, 1.165) is 11.6 Å². The number of rotatable bonds is 4. The zero-order chi connectivity index (χ0) is 13.0. The lowest BCUT2D eigenvalue weighted by Gasteiger charge is -2.14. The highest BCUT2D eigenvalue weighted by atomic mass is 35.5. The van der Waals surface area contributed by atoms with Gasteiger partial charge >= 0.3 is 0 Å². The smallest absolute Gasteiger partial charge is 0.0406 e. The Bertz CT molecular complexity index is 488. The first-order valence-electron chi connectivity index (χ1n) is 6.19. The summed E-state index contributed by atoms with van der Waals surface area (Å²) in [4.78, 5) is 0. The molecule has 2 aromatic carbocycles. The standard InChI is InChI=1S/C16H18ClN/c1-12-3-7-15(8-4-12)13(2)18-11-14-5-9-16(17)10-6-14/h3-10,13,18H,11H2,1-2H3/t13-/m1/s1. The van der Waals surface area contributed by atoms with Crippen molar-refractivity contribution in [2.75, 3.05) is 0 Å². The normalized spacial score (nSPS) is 12.4. The molecule has 1 N–H and O–H groups in total. The van der Waals surface area contributed by atoms with Crippen molar-refractivity contribution in [3.05, 3.63) is 70.2 Å². The highest BCUT2D eigenvalue weighted by Gasteiger charge is 2.04. The van der Waals surface area contributed by atoms with Crippen LogP contribution < -0.4 is 5.32 Å². The fourth-order valence-corrected chi connectivity index (χ4v) is 1.97. The molecule has 0 heterocycles. The minimum atomic E-state index is 0.348. The Labute approximate surface area is 114 Å². The van der Waals surface area contributed by atoms with Gasteiger partial charge < -0.3 is 5.32 Å². The molecule has 1 atom stereocenters. The molecule has 0 aliphatic carbocycles. The number of nitrogens with one attached hydrogen (secondary N) is 1. The van der Waals surface area contributed by atoms with Crippen LogP contribution in [0.3, 0.4) is 0 Å². The molecule has 0 unspecified atom stereocenters. The Hall–Kier alpha value is -1.31. The van der Waals surface area contributed by atoms with Gasteiger partial charge in [-0.1, -0.05) is 53.6 Å². The maximum atomic E-state index is 5.86. The molecule has 0 radical (unpaired) electrons. The fraction of sp³-hybridized carbons (Fsp3) is 0.250. The monoisotopic (exact) mass is 259 g/mol. The van der Waals surface area contributed by atoms with Crippen LogP contribution in [0.1, 0.15) is 29.7 Å². The summed E-state index contributed by atoms with van der Waals surface area (Å²) in [7, 11) is 0. The minimum Gasteiger partial charge on any atom is -0.306 e. The molecule has 1 nitrogen and oxygen atoms in total. The highest BCUT2D eigenvalue weighted by Crippen LogP contribution is 2.15. The van der Waals surface area contributed by atoms with E-state index in [9.17, 15) is 0 Å². The number of benzene rings is 2. The second-order valence-corrected chi connectivity index (χ2v) is 5.08. The molecule has 0 bridgehead atoms. The van der Waals surface area contributed by atoms with Gasteiger partial charge in [0.25, 0.3) is 0 Å². The summed E-state index contributed by atoms with van der Waals surface area (Å²) in [6.07, 6.45) is 0. The zero-order valence-corrected chi connectivity index (χ0v) is 11.5.